The molecule has 0 aliphatic heterocycles. The van der Waals surface area contributed by atoms with E-state index >= 15 is 0 Å². The summed E-state index contributed by atoms with van der Waals surface area (Å²) < 4.78 is 26.2. The van der Waals surface area contributed by atoms with Gasteiger partial charge in [0.1, 0.15) is 6.61 Å². The number of hydrogen-bond acceptors (Lipinski definition) is 6. The maximum absolute atomic E-state index is 12.3. The Bertz CT molecular complexity index is 777. The topological polar surface area (TPSA) is 119 Å². The number of phosphoric ester groups is 1. The van der Waals surface area contributed by atoms with Crippen LogP contribution in [0.5, 0.6) is 0 Å². The lowest BCUT2D eigenvalue weighted by Crippen LogP contribution is -2.29. The molecule has 0 heterocycles. The van der Waals surface area contributed by atoms with Gasteiger partial charge in [0, 0.05) is 12.8 Å². The first-order valence-corrected chi connectivity index (χ1v) is 19.2. The minimum absolute atomic E-state index is 0.201. The summed E-state index contributed by atoms with van der Waals surface area (Å²) in [6.07, 6.45) is 33.3. The molecule has 0 aromatic carbocycles. The molecule has 0 radical (unpaired) electrons. The van der Waals surface area contributed by atoms with E-state index in [9.17, 15) is 14.2 Å². The largest absolute Gasteiger partial charge is 0.469 e. The van der Waals surface area contributed by atoms with Crippen LogP contribution in [-0.4, -0.2) is 41.0 Å². The van der Waals surface area contributed by atoms with Crippen molar-refractivity contribution in [2.75, 3.05) is 13.2 Å². The third-order valence-corrected chi connectivity index (χ3v) is 7.93. The van der Waals surface area contributed by atoms with Crippen LogP contribution in [0.25, 0.3) is 0 Å². The van der Waals surface area contributed by atoms with Crippen LogP contribution in [0.15, 0.2) is 24.3 Å². The van der Waals surface area contributed by atoms with Gasteiger partial charge in [0.05, 0.1) is 6.61 Å². The van der Waals surface area contributed by atoms with E-state index in [1.54, 1.807) is 0 Å². The molecule has 0 aromatic rings. The van der Waals surface area contributed by atoms with Crippen molar-refractivity contribution in [2.45, 2.75) is 174 Å². The zero-order valence-corrected chi connectivity index (χ0v) is 29.0. The summed E-state index contributed by atoms with van der Waals surface area (Å²) in [6, 6.07) is 0. The summed E-state index contributed by atoms with van der Waals surface area (Å²) in [5.74, 6) is -0.901. The Kier molecular flexibility index (Phi) is 30.5. The molecule has 2 N–H and O–H groups in total. The number of hydrogen-bond donors (Lipinski definition) is 2. The van der Waals surface area contributed by atoms with Gasteiger partial charge in [-0.05, 0) is 57.8 Å². The number of rotatable bonds is 32. The summed E-state index contributed by atoms with van der Waals surface area (Å²) >= 11 is 0. The average Bonchev–Trinajstić information content (AvgIpc) is 2.98. The highest BCUT2D eigenvalue weighted by molar-refractivity contribution is 7.46. The number of ether oxygens (including phenoxy) is 2. The second-order valence-electron chi connectivity index (χ2n) is 11.8. The molecule has 8 nitrogen and oxygen atoms in total. The number of allylic oxidation sites excluding steroid dienone is 4. The van der Waals surface area contributed by atoms with Crippen molar-refractivity contribution in [3.05, 3.63) is 24.3 Å². The fraction of sp³-hybridized carbons (Fsp3) is 0.829. The Hall–Kier alpha value is -1.47. The van der Waals surface area contributed by atoms with E-state index in [-0.39, 0.29) is 19.4 Å². The first-order chi connectivity index (χ1) is 21.3. The molecule has 44 heavy (non-hydrogen) atoms. The Morgan fingerprint density at radius 3 is 1.45 bits per heavy atom. The molecule has 0 saturated carbocycles. The van der Waals surface area contributed by atoms with Gasteiger partial charge in [0.2, 0.25) is 0 Å². The van der Waals surface area contributed by atoms with Crippen molar-refractivity contribution >= 4 is 19.8 Å². The van der Waals surface area contributed by atoms with Crippen molar-refractivity contribution in [1.82, 2.24) is 0 Å². The molecule has 0 aliphatic carbocycles. The number of phosphoric acid groups is 1. The van der Waals surface area contributed by atoms with E-state index in [0.29, 0.717) is 6.42 Å². The Labute approximate surface area is 269 Å². The second-order valence-corrected chi connectivity index (χ2v) is 13.1. The highest BCUT2D eigenvalue weighted by Gasteiger charge is 2.22. The van der Waals surface area contributed by atoms with Gasteiger partial charge < -0.3 is 19.3 Å². The second kappa shape index (κ2) is 31.5. The number of carbonyl (C=O) groups is 2. The third kappa shape index (κ3) is 33.4. The molecule has 1 atom stereocenters. The summed E-state index contributed by atoms with van der Waals surface area (Å²) in [5.41, 5.74) is 0. The quantitative estimate of drug-likeness (QED) is 0.0321. The van der Waals surface area contributed by atoms with E-state index < -0.39 is 32.5 Å². The molecule has 0 aliphatic rings. The van der Waals surface area contributed by atoms with E-state index in [4.69, 9.17) is 19.3 Å². The van der Waals surface area contributed by atoms with Crippen LogP contribution in [0.1, 0.15) is 168 Å². The molecule has 0 amide bonds. The summed E-state index contributed by atoms with van der Waals surface area (Å²) in [7, 11) is -4.74. The Morgan fingerprint density at radius 2 is 0.977 bits per heavy atom. The minimum atomic E-state index is -4.74. The maximum Gasteiger partial charge on any atom is 0.469 e. The number of esters is 2. The zero-order valence-electron chi connectivity index (χ0n) is 28.1. The molecule has 0 spiro atoms. The van der Waals surface area contributed by atoms with Crippen LogP contribution >= 0.6 is 7.82 Å². The molecule has 0 saturated heterocycles. The maximum atomic E-state index is 12.3. The fourth-order valence-electron chi connectivity index (χ4n) is 4.76. The van der Waals surface area contributed by atoms with Gasteiger partial charge in [0.15, 0.2) is 6.10 Å². The summed E-state index contributed by atoms with van der Waals surface area (Å²) in [4.78, 5) is 42.5. The lowest BCUT2D eigenvalue weighted by molar-refractivity contribution is -0.161. The van der Waals surface area contributed by atoms with Crippen LogP contribution in [-0.2, 0) is 28.2 Å². The van der Waals surface area contributed by atoms with Crippen molar-refractivity contribution in [3.63, 3.8) is 0 Å². The number of carbonyl (C=O) groups excluding carboxylic acids is 2. The molecule has 0 unspecified atom stereocenters. The van der Waals surface area contributed by atoms with Crippen molar-refractivity contribution in [3.8, 4) is 0 Å². The Balaban J connectivity index is 3.99. The van der Waals surface area contributed by atoms with Crippen molar-refractivity contribution in [1.29, 1.82) is 0 Å². The summed E-state index contributed by atoms with van der Waals surface area (Å²) in [6.45, 7) is 3.60. The highest BCUT2D eigenvalue weighted by atomic mass is 31.2. The van der Waals surface area contributed by atoms with Gasteiger partial charge in [-0.2, -0.15) is 0 Å². The van der Waals surface area contributed by atoms with Crippen LogP contribution in [0.3, 0.4) is 0 Å². The predicted molar refractivity (Wildman–Crippen MR) is 179 cm³/mol. The molecule has 9 heteroatoms. The average molecular weight is 645 g/mol. The van der Waals surface area contributed by atoms with Gasteiger partial charge in [-0.1, -0.05) is 122 Å². The lowest BCUT2D eigenvalue weighted by Gasteiger charge is -2.18. The van der Waals surface area contributed by atoms with E-state index in [1.807, 2.05) is 0 Å². The highest BCUT2D eigenvalue weighted by Crippen LogP contribution is 2.36. The van der Waals surface area contributed by atoms with Crippen LogP contribution < -0.4 is 0 Å². The molecule has 258 valence electrons. The molecular formula is C35H65O8P. The Morgan fingerprint density at radius 1 is 0.568 bits per heavy atom. The van der Waals surface area contributed by atoms with Crippen LogP contribution in [0, 0.1) is 0 Å². The third-order valence-electron chi connectivity index (χ3n) is 7.44. The molecule has 0 rings (SSSR count). The smallest absolute Gasteiger partial charge is 0.462 e. The van der Waals surface area contributed by atoms with Crippen LogP contribution in [0.2, 0.25) is 0 Å². The molecule has 0 bridgehead atoms. The van der Waals surface area contributed by atoms with Crippen molar-refractivity contribution < 1.29 is 37.9 Å². The predicted octanol–water partition coefficient (Wildman–Crippen LogP) is 10.1. The molecule has 0 fully saturated rings. The van der Waals surface area contributed by atoms with Gasteiger partial charge in [-0.3, -0.25) is 14.1 Å². The van der Waals surface area contributed by atoms with E-state index in [0.717, 1.165) is 70.6 Å². The zero-order chi connectivity index (χ0) is 32.6. The van der Waals surface area contributed by atoms with Crippen LogP contribution in [0.4, 0.5) is 0 Å². The van der Waals surface area contributed by atoms with Gasteiger partial charge in [0.25, 0.3) is 0 Å². The first kappa shape index (κ1) is 42.5. The van der Waals surface area contributed by atoms with Crippen molar-refractivity contribution in [2.24, 2.45) is 0 Å². The van der Waals surface area contributed by atoms with Gasteiger partial charge >= 0.3 is 19.8 Å². The van der Waals surface area contributed by atoms with E-state index in [1.165, 1.54) is 64.2 Å². The lowest BCUT2D eigenvalue weighted by atomic mass is 10.1. The SMILES string of the molecule is CCCC/C=C\CCCCCCCC(=O)O[C@H](COC(=O)CCCCCCCCC/C=C\CCCCCC)COP(=O)(O)O. The standard InChI is InChI=1S/C35H65O8P/c1-3-5-7-9-11-13-15-16-17-18-20-21-23-25-27-29-34(36)41-31-33(32-42-44(38,39)40)43-35(37)30-28-26-24-22-19-14-12-10-8-6-4-2/h10,12-13,15,33H,3-9,11,14,16-32H2,1-2H3,(H2,38,39,40)/b12-10-,15-13-/t33-/m1/s1. The fourth-order valence-corrected chi connectivity index (χ4v) is 5.12. The first-order valence-electron chi connectivity index (χ1n) is 17.6. The normalized spacial score (nSPS) is 12.7. The molecular weight excluding hydrogens is 579 g/mol. The summed E-state index contributed by atoms with van der Waals surface area (Å²) in [5, 5.41) is 0. The van der Waals surface area contributed by atoms with E-state index in [2.05, 4.69) is 42.7 Å². The number of unbranched alkanes of at least 4 members (excludes halogenated alkanes) is 18. The minimum Gasteiger partial charge on any atom is -0.462 e. The van der Waals surface area contributed by atoms with Gasteiger partial charge in [-0.25, -0.2) is 4.57 Å². The van der Waals surface area contributed by atoms with Gasteiger partial charge in [-0.15, -0.1) is 0 Å². The monoisotopic (exact) mass is 644 g/mol. The molecule has 0 aromatic heterocycles.